The van der Waals surface area contributed by atoms with Gasteiger partial charge >= 0.3 is 12.1 Å². The first kappa shape index (κ1) is 14.4. The number of fused-ring (bicyclic) bond motifs is 1. The summed E-state index contributed by atoms with van der Waals surface area (Å²) in [4.78, 5) is 6.67. The van der Waals surface area contributed by atoms with Gasteiger partial charge in [0.2, 0.25) is 5.82 Å². The summed E-state index contributed by atoms with van der Waals surface area (Å²) in [6.07, 6.45) is -5.74. The molecule has 0 bridgehead atoms. The van der Waals surface area contributed by atoms with E-state index in [0.29, 0.717) is 11.9 Å². The van der Waals surface area contributed by atoms with Crippen molar-refractivity contribution in [3.8, 4) is 0 Å². The number of aromatic nitrogens is 2. The Kier molecular flexibility index (Phi) is 3.49. The summed E-state index contributed by atoms with van der Waals surface area (Å²) in [5.74, 6) is -6.70. The molecule has 0 saturated carbocycles. The maximum absolute atomic E-state index is 13.3. The van der Waals surface area contributed by atoms with Gasteiger partial charge in [-0.2, -0.15) is 22.0 Å². The highest BCUT2D eigenvalue weighted by atomic mass is 19.4. The molecule has 0 radical (unpaired) electrons. The minimum atomic E-state index is -5.74. The normalized spacial score (nSPS) is 12.7. The third kappa shape index (κ3) is 2.37. The molecule has 0 saturated heterocycles. The van der Waals surface area contributed by atoms with Crippen LogP contribution in [0.2, 0.25) is 0 Å². The zero-order valence-electron chi connectivity index (χ0n) is 10.3. The number of para-hydroxylation sites is 1. The molecule has 1 aromatic carbocycles. The number of anilines is 1. The predicted octanol–water partition coefficient (Wildman–Crippen LogP) is 3.72. The van der Waals surface area contributed by atoms with E-state index in [0.717, 1.165) is 0 Å². The van der Waals surface area contributed by atoms with Crippen molar-refractivity contribution in [3.63, 3.8) is 0 Å². The van der Waals surface area contributed by atoms with E-state index in [4.69, 9.17) is 0 Å². The molecule has 0 aliphatic heterocycles. The zero-order chi connectivity index (χ0) is 15.0. The average Bonchev–Trinajstić information content (AvgIpc) is 2.37. The highest BCUT2D eigenvalue weighted by Crippen LogP contribution is 2.43. The molecule has 2 rings (SSSR count). The topological polar surface area (TPSA) is 37.8 Å². The van der Waals surface area contributed by atoms with Crippen molar-refractivity contribution in [2.45, 2.75) is 19.0 Å². The first-order valence-electron chi connectivity index (χ1n) is 5.73. The lowest BCUT2D eigenvalue weighted by Crippen LogP contribution is -2.35. The molecule has 1 heterocycles. The van der Waals surface area contributed by atoms with Crippen LogP contribution in [0.3, 0.4) is 0 Å². The van der Waals surface area contributed by atoms with E-state index in [1.165, 1.54) is 12.1 Å². The Morgan fingerprint density at radius 3 is 2.30 bits per heavy atom. The van der Waals surface area contributed by atoms with Crippen LogP contribution in [0.1, 0.15) is 12.7 Å². The van der Waals surface area contributed by atoms with E-state index in [2.05, 4.69) is 15.3 Å². The first-order chi connectivity index (χ1) is 9.27. The van der Waals surface area contributed by atoms with Gasteiger partial charge in [-0.05, 0) is 19.1 Å². The van der Waals surface area contributed by atoms with E-state index in [1.807, 2.05) is 0 Å². The summed E-state index contributed by atoms with van der Waals surface area (Å²) in [5, 5.41) is 3.05. The Labute approximate surface area is 110 Å². The molecular weight excluding hydrogens is 281 g/mol. The van der Waals surface area contributed by atoms with Crippen LogP contribution in [-0.4, -0.2) is 22.7 Å². The number of hydrogen-bond acceptors (Lipinski definition) is 3. The van der Waals surface area contributed by atoms with Crippen LogP contribution in [0, 0.1) is 0 Å². The van der Waals surface area contributed by atoms with Crippen LogP contribution >= 0.6 is 0 Å². The quantitative estimate of drug-likeness (QED) is 0.876. The smallest absolute Gasteiger partial charge is 0.370 e. The minimum absolute atomic E-state index is 0.0253. The van der Waals surface area contributed by atoms with Crippen molar-refractivity contribution in [1.82, 2.24) is 9.97 Å². The molecule has 20 heavy (non-hydrogen) atoms. The molecule has 1 aromatic heterocycles. The van der Waals surface area contributed by atoms with Crippen molar-refractivity contribution in [3.05, 3.63) is 30.1 Å². The number of halogens is 5. The van der Waals surface area contributed by atoms with Crippen molar-refractivity contribution >= 4 is 16.7 Å². The van der Waals surface area contributed by atoms with Crippen molar-refractivity contribution in [2.75, 3.05) is 11.9 Å². The average molecular weight is 291 g/mol. The third-order valence-corrected chi connectivity index (χ3v) is 2.58. The summed E-state index contributed by atoms with van der Waals surface area (Å²) in [7, 11) is 0. The Morgan fingerprint density at radius 1 is 1.05 bits per heavy atom. The number of nitrogens with one attached hydrogen (secondary N) is 1. The maximum atomic E-state index is 13.3. The Morgan fingerprint density at radius 2 is 1.70 bits per heavy atom. The molecule has 3 nitrogen and oxygen atoms in total. The highest BCUT2D eigenvalue weighted by Gasteiger charge is 2.61. The summed E-state index contributed by atoms with van der Waals surface area (Å²) in [6.45, 7) is 2.01. The number of hydrogen-bond donors (Lipinski definition) is 1. The van der Waals surface area contributed by atoms with Crippen LogP contribution in [0.4, 0.5) is 27.8 Å². The van der Waals surface area contributed by atoms with E-state index >= 15 is 0 Å². The monoisotopic (exact) mass is 291 g/mol. The van der Waals surface area contributed by atoms with E-state index < -0.39 is 17.9 Å². The van der Waals surface area contributed by atoms with Gasteiger partial charge in [-0.15, -0.1) is 0 Å². The van der Waals surface area contributed by atoms with E-state index in [1.54, 1.807) is 19.1 Å². The number of benzene rings is 1. The fraction of sp³-hybridized carbons (Fsp3) is 0.333. The second kappa shape index (κ2) is 4.84. The van der Waals surface area contributed by atoms with E-state index in [-0.39, 0.29) is 11.3 Å². The minimum Gasteiger partial charge on any atom is -0.370 e. The van der Waals surface area contributed by atoms with Gasteiger partial charge in [-0.1, -0.05) is 12.1 Å². The van der Waals surface area contributed by atoms with Crippen molar-refractivity contribution < 1.29 is 22.0 Å². The van der Waals surface area contributed by atoms with Gasteiger partial charge < -0.3 is 5.32 Å². The van der Waals surface area contributed by atoms with Crippen LogP contribution in [0.5, 0.6) is 0 Å². The lowest BCUT2D eigenvalue weighted by Gasteiger charge is -2.19. The SMILES string of the molecule is CCNc1nc(C(F)(F)C(F)(F)F)nc2ccccc12. The fourth-order valence-electron chi connectivity index (χ4n) is 1.65. The largest absolute Gasteiger partial charge is 0.461 e. The molecule has 1 N–H and O–H groups in total. The van der Waals surface area contributed by atoms with E-state index in [9.17, 15) is 22.0 Å². The number of alkyl halides is 5. The molecule has 0 aliphatic rings. The summed E-state index contributed by atoms with van der Waals surface area (Å²) in [6, 6.07) is 6.02. The molecule has 0 aliphatic carbocycles. The fourth-order valence-corrected chi connectivity index (χ4v) is 1.65. The first-order valence-corrected chi connectivity index (χ1v) is 5.73. The second-order valence-corrected chi connectivity index (χ2v) is 4.02. The lowest BCUT2D eigenvalue weighted by atomic mass is 10.2. The molecule has 2 aromatic rings. The Balaban J connectivity index is 2.67. The van der Waals surface area contributed by atoms with Crippen molar-refractivity contribution in [1.29, 1.82) is 0 Å². The number of nitrogens with zero attached hydrogens (tertiary/aromatic N) is 2. The lowest BCUT2D eigenvalue weighted by molar-refractivity contribution is -0.292. The maximum Gasteiger partial charge on any atom is 0.461 e. The van der Waals surface area contributed by atoms with Crippen LogP contribution in [-0.2, 0) is 5.92 Å². The van der Waals surface area contributed by atoms with Gasteiger partial charge in [0.05, 0.1) is 5.52 Å². The second-order valence-electron chi connectivity index (χ2n) is 4.02. The molecule has 0 unspecified atom stereocenters. The van der Waals surface area contributed by atoms with Crippen LogP contribution in [0.15, 0.2) is 24.3 Å². The van der Waals surface area contributed by atoms with Gasteiger partial charge in [0.15, 0.2) is 0 Å². The van der Waals surface area contributed by atoms with Gasteiger partial charge in [0.25, 0.3) is 0 Å². The standard InChI is InChI=1S/C12H10F5N3/c1-2-18-9-7-5-3-4-6-8(7)19-10(20-9)11(13,14)12(15,16)17/h3-6H,2H2,1H3,(H,18,19,20). The summed E-state index contributed by atoms with van der Waals surface area (Å²) in [5.41, 5.74) is 0.0253. The predicted molar refractivity (Wildman–Crippen MR) is 63.7 cm³/mol. The molecule has 0 fully saturated rings. The third-order valence-electron chi connectivity index (χ3n) is 2.58. The molecule has 0 amide bonds. The number of rotatable bonds is 3. The van der Waals surface area contributed by atoms with Gasteiger partial charge in [-0.25, -0.2) is 9.97 Å². The van der Waals surface area contributed by atoms with Gasteiger partial charge in [0.1, 0.15) is 5.82 Å². The van der Waals surface area contributed by atoms with Crippen LogP contribution in [0.25, 0.3) is 10.9 Å². The summed E-state index contributed by atoms with van der Waals surface area (Å²) < 4.78 is 63.8. The van der Waals surface area contributed by atoms with Crippen LogP contribution < -0.4 is 5.32 Å². The van der Waals surface area contributed by atoms with Gasteiger partial charge in [-0.3, -0.25) is 0 Å². The molecule has 0 spiro atoms. The zero-order valence-corrected chi connectivity index (χ0v) is 10.3. The Bertz CT molecular complexity index is 624. The summed E-state index contributed by atoms with van der Waals surface area (Å²) >= 11 is 0. The molecule has 0 atom stereocenters. The van der Waals surface area contributed by atoms with Crippen molar-refractivity contribution in [2.24, 2.45) is 0 Å². The highest BCUT2D eigenvalue weighted by molar-refractivity contribution is 5.89. The molecule has 108 valence electrons. The molecular formula is C12H10F5N3. The van der Waals surface area contributed by atoms with Gasteiger partial charge in [0, 0.05) is 11.9 Å². The molecule has 8 heteroatoms. The Hall–Kier alpha value is -1.99.